The number of carbonyl (C=O) groups excluding carboxylic acids is 1. The van der Waals surface area contributed by atoms with Crippen LogP contribution in [0, 0.1) is 6.92 Å². The van der Waals surface area contributed by atoms with Gasteiger partial charge in [0, 0.05) is 6.54 Å². The van der Waals surface area contributed by atoms with Crippen LogP contribution in [0.2, 0.25) is 0 Å². The van der Waals surface area contributed by atoms with Crippen LogP contribution >= 0.6 is 0 Å². The normalized spacial score (nSPS) is 14.4. The lowest BCUT2D eigenvalue weighted by molar-refractivity contribution is 0.0126. The lowest BCUT2D eigenvalue weighted by Gasteiger charge is -2.23. The molecule has 0 fully saturated rings. The highest BCUT2D eigenvalue weighted by atomic mass is 16.6. The van der Waals surface area contributed by atoms with Crippen molar-refractivity contribution in [2.45, 2.75) is 45.5 Å². The summed E-state index contributed by atoms with van der Waals surface area (Å²) in [5.41, 5.74) is 0.520. The van der Waals surface area contributed by atoms with Crippen molar-refractivity contribution in [1.29, 1.82) is 0 Å². The predicted octanol–water partition coefficient (Wildman–Crippen LogP) is 1.62. The number of benzene rings is 1. The van der Waals surface area contributed by atoms with Crippen LogP contribution in [0.15, 0.2) is 18.2 Å². The molecule has 0 saturated heterocycles. The SMILES string of the molecule is Cc1cc(O)ccc1C(O)C(O)CNC(=O)OC(C)(C)C. The number of nitrogens with one attached hydrogen (secondary N) is 1. The fraction of sp³-hybridized carbons (Fsp3) is 0.533. The second-order valence-electron chi connectivity index (χ2n) is 5.94. The topological polar surface area (TPSA) is 99.0 Å². The summed E-state index contributed by atoms with van der Waals surface area (Å²) in [7, 11) is 0. The molecule has 2 unspecified atom stereocenters. The molecule has 6 heteroatoms. The number of amides is 1. The van der Waals surface area contributed by atoms with Crippen molar-refractivity contribution < 1.29 is 24.9 Å². The molecule has 0 radical (unpaired) electrons. The summed E-state index contributed by atoms with van der Waals surface area (Å²) >= 11 is 0. The molecule has 0 aliphatic carbocycles. The Kier molecular flexibility index (Phi) is 5.57. The monoisotopic (exact) mass is 297 g/mol. The molecule has 21 heavy (non-hydrogen) atoms. The number of aromatic hydroxyl groups is 1. The third-order valence-electron chi connectivity index (χ3n) is 2.79. The lowest BCUT2D eigenvalue weighted by Crippen LogP contribution is -2.39. The quantitative estimate of drug-likeness (QED) is 0.677. The zero-order chi connectivity index (χ0) is 16.2. The van der Waals surface area contributed by atoms with Crippen molar-refractivity contribution in [3.8, 4) is 5.75 Å². The number of carbonyl (C=O) groups is 1. The van der Waals surface area contributed by atoms with Crippen LogP contribution in [0.5, 0.6) is 5.75 Å². The lowest BCUT2D eigenvalue weighted by atomic mass is 9.99. The Labute approximate surface area is 124 Å². The first-order chi connectivity index (χ1) is 9.60. The van der Waals surface area contributed by atoms with Gasteiger partial charge < -0.3 is 25.4 Å². The Morgan fingerprint density at radius 3 is 2.48 bits per heavy atom. The second-order valence-corrected chi connectivity index (χ2v) is 5.94. The Hall–Kier alpha value is -1.79. The first kappa shape index (κ1) is 17.3. The molecule has 0 aromatic heterocycles. The van der Waals surface area contributed by atoms with E-state index < -0.39 is 23.9 Å². The minimum Gasteiger partial charge on any atom is -0.508 e. The van der Waals surface area contributed by atoms with Crippen LogP contribution in [-0.2, 0) is 4.74 Å². The molecule has 1 amide bonds. The largest absolute Gasteiger partial charge is 0.508 e. The number of hydrogen-bond donors (Lipinski definition) is 4. The van der Waals surface area contributed by atoms with Gasteiger partial charge in [-0.25, -0.2) is 4.79 Å². The summed E-state index contributed by atoms with van der Waals surface area (Å²) < 4.78 is 5.04. The smallest absolute Gasteiger partial charge is 0.407 e. The third-order valence-corrected chi connectivity index (χ3v) is 2.79. The van der Waals surface area contributed by atoms with E-state index in [-0.39, 0.29) is 12.3 Å². The molecule has 0 aliphatic heterocycles. The molecule has 118 valence electrons. The highest BCUT2D eigenvalue weighted by Crippen LogP contribution is 2.24. The minimum atomic E-state index is -1.18. The molecule has 0 saturated carbocycles. The third kappa shape index (κ3) is 5.61. The van der Waals surface area contributed by atoms with Gasteiger partial charge >= 0.3 is 6.09 Å². The van der Waals surface area contributed by atoms with E-state index in [2.05, 4.69) is 5.32 Å². The Balaban J connectivity index is 2.59. The first-order valence-corrected chi connectivity index (χ1v) is 6.72. The van der Waals surface area contributed by atoms with Crippen molar-refractivity contribution in [2.24, 2.45) is 0 Å². The summed E-state index contributed by atoms with van der Waals surface area (Å²) in [6.07, 6.45) is -3.00. The molecule has 2 atom stereocenters. The zero-order valence-corrected chi connectivity index (χ0v) is 12.8. The summed E-state index contributed by atoms with van der Waals surface area (Å²) in [4.78, 5) is 11.5. The molecule has 0 bridgehead atoms. The van der Waals surface area contributed by atoms with Crippen molar-refractivity contribution >= 4 is 6.09 Å². The van der Waals surface area contributed by atoms with Crippen LogP contribution in [-0.4, -0.2) is 39.7 Å². The molecule has 1 rings (SSSR count). The van der Waals surface area contributed by atoms with Gasteiger partial charge in [-0.3, -0.25) is 0 Å². The number of phenolic OH excluding ortho intramolecular Hbond substituents is 1. The highest BCUT2D eigenvalue weighted by Gasteiger charge is 2.22. The number of rotatable bonds is 4. The van der Waals surface area contributed by atoms with Gasteiger partial charge in [0.05, 0.1) is 0 Å². The molecule has 0 heterocycles. The van der Waals surface area contributed by atoms with Gasteiger partial charge in [-0.15, -0.1) is 0 Å². The number of aliphatic hydroxyl groups is 2. The van der Waals surface area contributed by atoms with Crippen LogP contribution < -0.4 is 5.32 Å². The Bertz CT molecular complexity index is 495. The molecule has 1 aromatic rings. The van der Waals surface area contributed by atoms with Gasteiger partial charge in [-0.1, -0.05) is 6.07 Å². The van der Waals surface area contributed by atoms with E-state index in [9.17, 15) is 20.1 Å². The highest BCUT2D eigenvalue weighted by molar-refractivity contribution is 5.67. The van der Waals surface area contributed by atoms with Crippen LogP contribution in [0.1, 0.15) is 38.0 Å². The number of phenols is 1. The zero-order valence-electron chi connectivity index (χ0n) is 12.8. The molecular weight excluding hydrogens is 274 g/mol. The van der Waals surface area contributed by atoms with Gasteiger partial charge in [0.25, 0.3) is 0 Å². The van der Waals surface area contributed by atoms with Crippen LogP contribution in [0.3, 0.4) is 0 Å². The summed E-state index contributed by atoms with van der Waals surface area (Å²) in [6.45, 7) is 6.77. The molecule has 6 nitrogen and oxygen atoms in total. The summed E-state index contributed by atoms with van der Waals surface area (Å²) in [6, 6.07) is 4.46. The Morgan fingerprint density at radius 1 is 1.33 bits per heavy atom. The van der Waals surface area contributed by atoms with Crippen molar-refractivity contribution in [3.63, 3.8) is 0 Å². The van der Waals surface area contributed by atoms with E-state index >= 15 is 0 Å². The summed E-state index contributed by atoms with van der Waals surface area (Å²) in [5.74, 6) is 0.0878. The maximum absolute atomic E-state index is 11.5. The van der Waals surface area contributed by atoms with E-state index in [0.29, 0.717) is 11.1 Å². The Morgan fingerprint density at radius 2 is 1.95 bits per heavy atom. The average molecular weight is 297 g/mol. The number of aliphatic hydroxyl groups excluding tert-OH is 2. The predicted molar refractivity (Wildman–Crippen MR) is 78.0 cm³/mol. The standard InChI is InChI=1S/C15H23NO5/c1-9-7-10(17)5-6-11(9)13(19)12(18)8-16-14(20)21-15(2,3)4/h5-7,12-13,17-19H,8H2,1-4H3,(H,16,20). The molecule has 1 aromatic carbocycles. The fourth-order valence-electron chi connectivity index (χ4n) is 1.81. The maximum atomic E-state index is 11.5. The molecule has 0 aliphatic rings. The van der Waals surface area contributed by atoms with E-state index in [4.69, 9.17) is 4.74 Å². The second kappa shape index (κ2) is 6.78. The van der Waals surface area contributed by atoms with Gasteiger partial charge in [-0.2, -0.15) is 0 Å². The van der Waals surface area contributed by atoms with Crippen LogP contribution in [0.25, 0.3) is 0 Å². The maximum Gasteiger partial charge on any atom is 0.407 e. The van der Waals surface area contributed by atoms with E-state index in [1.807, 2.05) is 0 Å². The van der Waals surface area contributed by atoms with Gasteiger partial charge in [0.2, 0.25) is 0 Å². The molecular formula is C15H23NO5. The molecule has 0 spiro atoms. The van der Waals surface area contributed by atoms with Crippen LogP contribution in [0.4, 0.5) is 4.79 Å². The number of alkyl carbamates (subject to hydrolysis) is 1. The number of hydrogen-bond acceptors (Lipinski definition) is 5. The first-order valence-electron chi connectivity index (χ1n) is 6.72. The number of ether oxygens (including phenoxy) is 1. The average Bonchev–Trinajstić information content (AvgIpc) is 2.33. The van der Waals surface area contributed by atoms with Gasteiger partial charge in [0.1, 0.15) is 23.6 Å². The van der Waals surface area contributed by atoms with E-state index in [1.54, 1.807) is 27.7 Å². The van der Waals surface area contributed by atoms with Gasteiger partial charge in [0.15, 0.2) is 0 Å². The number of aryl methyl sites for hydroxylation is 1. The minimum absolute atomic E-state index is 0.0878. The van der Waals surface area contributed by atoms with Crippen molar-refractivity contribution in [3.05, 3.63) is 29.3 Å². The summed E-state index contributed by atoms with van der Waals surface area (Å²) in [5, 5.41) is 31.7. The van der Waals surface area contributed by atoms with Gasteiger partial charge in [-0.05, 0) is 51.0 Å². The van der Waals surface area contributed by atoms with E-state index in [0.717, 1.165) is 0 Å². The molecule has 4 N–H and O–H groups in total. The van der Waals surface area contributed by atoms with Crippen molar-refractivity contribution in [2.75, 3.05) is 6.54 Å². The van der Waals surface area contributed by atoms with E-state index in [1.165, 1.54) is 18.2 Å². The van der Waals surface area contributed by atoms with Crippen molar-refractivity contribution in [1.82, 2.24) is 5.32 Å². The fourth-order valence-corrected chi connectivity index (χ4v) is 1.81.